The predicted octanol–water partition coefficient (Wildman–Crippen LogP) is 1.42. The van der Waals surface area contributed by atoms with Gasteiger partial charge in [-0.1, -0.05) is 0 Å². The van der Waals surface area contributed by atoms with Crippen LogP contribution in [0, 0.1) is 6.20 Å². The molecule has 0 saturated carbocycles. The van der Waals surface area contributed by atoms with E-state index in [4.69, 9.17) is 0 Å². The minimum absolute atomic E-state index is 0.110. The minimum Gasteiger partial charge on any atom is -0.462 e. The summed E-state index contributed by atoms with van der Waals surface area (Å²) in [5, 5.41) is 3.35. The first-order valence-corrected chi connectivity index (χ1v) is 4.11. The molecule has 0 unspecified atom stereocenters. The van der Waals surface area contributed by atoms with Crippen molar-refractivity contribution in [1.82, 2.24) is 9.78 Å². The Bertz CT molecular complexity index is 346. The molecule has 1 aromatic rings. The summed E-state index contributed by atoms with van der Waals surface area (Å²) >= 11 is 0. The highest BCUT2D eigenvalue weighted by Gasteiger charge is 2.28. The summed E-state index contributed by atoms with van der Waals surface area (Å²) in [6.45, 7) is 0.474. The molecule has 1 rings (SSSR count). The third kappa shape index (κ3) is 3.61. The van der Waals surface area contributed by atoms with Gasteiger partial charge in [-0.05, 0) is 6.92 Å². The lowest BCUT2D eigenvalue weighted by atomic mass is 10.4. The minimum atomic E-state index is -4.38. The fourth-order valence-corrected chi connectivity index (χ4v) is 0.882. The highest BCUT2D eigenvalue weighted by Crippen LogP contribution is 2.16. The van der Waals surface area contributed by atoms with Gasteiger partial charge in [0.1, 0.15) is 18.3 Å². The SMILES string of the molecule is CCOC(=O)c1[c]n(CC(F)(F)F)nc1. The molecule has 0 aliphatic rings. The van der Waals surface area contributed by atoms with Crippen LogP contribution in [0.3, 0.4) is 0 Å². The van der Waals surface area contributed by atoms with Gasteiger partial charge in [-0.25, -0.2) is 4.79 Å². The molecule has 0 aliphatic heterocycles. The first-order chi connectivity index (χ1) is 6.92. The molecule has 0 atom stereocenters. The first-order valence-electron chi connectivity index (χ1n) is 4.11. The number of carbonyl (C=O) groups excluding carboxylic acids is 1. The molecule has 1 aromatic heterocycles. The smallest absolute Gasteiger partial charge is 0.408 e. The molecule has 7 heteroatoms. The Kier molecular flexibility index (Phi) is 3.33. The molecule has 1 heterocycles. The molecule has 0 N–H and O–H groups in total. The van der Waals surface area contributed by atoms with Gasteiger partial charge in [0.15, 0.2) is 0 Å². The van der Waals surface area contributed by atoms with Crippen LogP contribution < -0.4 is 0 Å². The summed E-state index contributed by atoms with van der Waals surface area (Å²) in [5.41, 5.74) is -0.110. The number of carbonyl (C=O) groups is 1. The molecule has 0 aliphatic carbocycles. The van der Waals surface area contributed by atoms with Gasteiger partial charge in [0.25, 0.3) is 0 Å². The van der Waals surface area contributed by atoms with Crippen LogP contribution in [0.5, 0.6) is 0 Å². The lowest BCUT2D eigenvalue weighted by Gasteiger charge is -2.04. The van der Waals surface area contributed by atoms with Crippen molar-refractivity contribution in [3.05, 3.63) is 18.0 Å². The van der Waals surface area contributed by atoms with Gasteiger partial charge < -0.3 is 4.74 Å². The van der Waals surface area contributed by atoms with Crippen LogP contribution >= 0.6 is 0 Å². The molecule has 0 saturated heterocycles. The van der Waals surface area contributed by atoms with Crippen LogP contribution in [-0.2, 0) is 11.3 Å². The zero-order valence-corrected chi connectivity index (χ0v) is 7.84. The number of halogens is 3. The third-order valence-corrected chi connectivity index (χ3v) is 1.40. The molecule has 4 nitrogen and oxygen atoms in total. The molecule has 0 aromatic carbocycles. The van der Waals surface area contributed by atoms with Gasteiger partial charge in [0, 0.05) is 0 Å². The zero-order chi connectivity index (χ0) is 11.5. The third-order valence-electron chi connectivity index (χ3n) is 1.40. The fourth-order valence-electron chi connectivity index (χ4n) is 0.882. The zero-order valence-electron chi connectivity index (χ0n) is 7.84. The maximum atomic E-state index is 11.9. The monoisotopic (exact) mass is 221 g/mol. The summed E-state index contributed by atoms with van der Waals surface area (Å²) in [5.74, 6) is -0.731. The van der Waals surface area contributed by atoms with Crippen LogP contribution in [-0.4, -0.2) is 28.5 Å². The van der Waals surface area contributed by atoms with E-state index < -0.39 is 18.7 Å². The molecule has 83 valence electrons. The normalized spacial score (nSPS) is 11.5. The maximum absolute atomic E-state index is 11.9. The quantitative estimate of drug-likeness (QED) is 0.725. The number of aromatic nitrogens is 2. The van der Waals surface area contributed by atoms with E-state index in [1.165, 1.54) is 0 Å². The van der Waals surface area contributed by atoms with Gasteiger partial charge in [0.05, 0.1) is 12.8 Å². The van der Waals surface area contributed by atoms with E-state index in [1.807, 2.05) is 0 Å². The predicted molar refractivity (Wildman–Crippen MR) is 43.1 cm³/mol. The Morgan fingerprint density at radius 1 is 1.67 bits per heavy atom. The fraction of sp³-hybridized carbons (Fsp3) is 0.500. The summed E-state index contributed by atoms with van der Waals surface area (Å²) in [6.07, 6.45) is -1.23. The van der Waals surface area contributed by atoms with Crippen LogP contribution in [0.4, 0.5) is 13.2 Å². The van der Waals surface area contributed by atoms with Gasteiger partial charge in [-0.3, -0.25) is 4.68 Å². The topological polar surface area (TPSA) is 44.1 Å². The van der Waals surface area contributed by atoms with Crippen molar-refractivity contribution in [1.29, 1.82) is 0 Å². The van der Waals surface area contributed by atoms with E-state index in [1.54, 1.807) is 6.92 Å². The summed E-state index contributed by atoms with van der Waals surface area (Å²) in [4.78, 5) is 11.0. The maximum Gasteiger partial charge on any atom is 0.408 e. The second-order valence-corrected chi connectivity index (χ2v) is 2.66. The summed E-state index contributed by atoms with van der Waals surface area (Å²) in [7, 11) is 0. The van der Waals surface area contributed by atoms with E-state index in [-0.39, 0.29) is 12.2 Å². The molecule has 0 bridgehead atoms. The molecule has 0 spiro atoms. The van der Waals surface area contributed by atoms with Crippen molar-refractivity contribution in [2.75, 3.05) is 6.61 Å². The molecule has 0 fully saturated rings. The molecule has 1 radical (unpaired) electrons. The highest BCUT2D eigenvalue weighted by atomic mass is 19.4. The van der Waals surface area contributed by atoms with Crippen molar-refractivity contribution in [2.24, 2.45) is 0 Å². The standard InChI is InChI=1S/C8H8F3N2O2/c1-2-15-7(14)6-3-12-13(4-6)5-8(9,10)11/h3H,2,5H2,1H3. The van der Waals surface area contributed by atoms with Gasteiger partial charge >= 0.3 is 12.1 Å². The van der Waals surface area contributed by atoms with Gasteiger partial charge in [0.2, 0.25) is 0 Å². The largest absolute Gasteiger partial charge is 0.462 e. The Labute approximate surface area is 83.6 Å². The van der Waals surface area contributed by atoms with Gasteiger partial charge in [-0.15, -0.1) is 0 Å². The van der Waals surface area contributed by atoms with E-state index in [0.29, 0.717) is 4.68 Å². The van der Waals surface area contributed by atoms with Crippen LogP contribution in [0.15, 0.2) is 6.20 Å². The van der Waals surface area contributed by atoms with Crippen molar-refractivity contribution in [2.45, 2.75) is 19.6 Å². The molecule has 0 amide bonds. The van der Waals surface area contributed by atoms with E-state index in [9.17, 15) is 18.0 Å². The lowest BCUT2D eigenvalue weighted by molar-refractivity contribution is -0.142. The van der Waals surface area contributed by atoms with E-state index in [0.717, 1.165) is 6.20 Å². The van der Waals surface area contributed by atoms with Crippen LogP contribution in [0.1, 0.15) is 17.3 Å². The second kappa shape index (κ2) is 4.33. The highest BCUT2D eigenvalue weighted by molar-refractivity contribution is 5.88. The lowest BCUT2D eigenvalue weighted by Crippen LogP contribution is -2.18. The Balaban J connectivity index is 2.68. The number of nitrogens with zero attached hydrogens (tertiary/aromatic N) is 2. The molecular formula is C8H8F3N2O2. The Morgan fingerprint density at radius 2 is 2.33 bits per heavy atom. The van der Waals surface area contributed by atoms with E-state index in [2.05, 4.69) is 16.0 Å². The van der Waals surface area contributed by atoms with Crippen LogP contribution in [0.2, 0.25) is 0 Å². The van der Waals surface area contributed by atoms with Crippen molar-refractivity contribution >= 4 is 5.97 Å². The van der Waals surface area contributed by atoms with E-state index >= 15 is 0 Å². The van der Waals surface area contributed by atoms with Crippen molar-refractivity contribution in [3.8, 4) is 0 Å². The number of esters is 1. The van der Waals surface area contributed by atoms with Crippen molar-refractivity contribution in [3.63, 3.8) is 0 Å². The summed E-state index contributed by atoms with van der Waals surface area (Å²) < 4.78 is 40.8. The average Bonchev–Trinajstić information content (AvgIpc) is 2.50. The molecule has 15 heavy (non-hydrogen) atoms. The number of alkyl halides is 3. The number of ether oxygens (including phenoxy) is 1. The number of hydrogen-bond acceptors (Lipinski definition) is 3. The summed E-state index contributed by atoms with van der Waals surface area (Å²) in [6, 6.07) is 0. The van der Waals surface area contributed by atoms with Crippen LogP contribution in [0.25, 0.3) is 0 Å². The number of rotatable bonds is 3. The molecular weight excluding hydrogens is 213 g/mol. The number of hydrogen-bond donors (Lipinski definition) is 0. The second-order valence-electron chi connectivity index (χ2n) is 2.66. The Morgan fingerprint density at radius 3 is 2.87 bits per heavy atom. The van der Waals surface area contributed by atoms with Gasteiger partial charge in [-0.2, -0.15) is 18.3 Å². The van der Waals surface area contributed by atoms with Crippen molar-refractivity contribution < 1.29 is 22.7 Å². The average molecular weight is 221 g/mol. The first kappa shape index (κ1) is 11.5. The Hall–Kier alpha value is -1.53.